The third-order valence-electron chi connectivity index (χ3n) is 2.45. The third-order valence-corrected chi connectivity index (χ3v) is 2.45. The van der Waals surface area contributed by atoms with Crippen molar-refractivity contribution in [2.24, 2.45) is 10.9 Å². The van der Waals surface area contributed by atoms with Gasteiger partial charge in [-0.15, -0.1) is 0 Å². The zero-order valence-electron chi connectivity index (χ0n) is 8.70. The minimum Gasteiger partial charge on any atom is -0.317 e. The molecular weight excluding hydrogens is 172 g/mol. The Labute approximate surface area is 85.3 Å². The summed E-state index contributed by atoms with van der Waals surface area (Å²) in [6, 6.07) is 0.408. The quantitative estimate of drug-likeness (QED) is 0.567. The third kappa shape index (κ3) is 2.08. The summed E-state index contributed by atoms with van der Waals surface area (Å²) in [7, 11) is 0. The molecule has 0 aromatic carbocycles. The lowest BCUT2D eigenvalue weighted by molar-refractivity contribution is 0.610. The Kier molecular flexibility index (Phi) is 3.57. The van der Waals surface area contributed by atoms with Crippen LogP contribution < -0.4 is 0 Å². The average molecular weight is 188 g/mol. The number of rotatable bonds is 0. The summed E-state index contributed by atoms with van der Waals surface area (Å²) in [5.41, 5.74) is 2.73. The molecule has 2 unspecified atom stereocenters. The molecule has 0 radical (unpaired) electrons. The fourth-order valence-corrected chi connectivity index (χ4v) is 1.73. The molecule has 1 aliphatic carbocycles. The van der Waals surface area contributed by atoms with E-state index in [1.54, 1.807) is 0 Å². The summed E-state index contributed by atoms with van der Waals surface area (Å²) in [6.45, 7) is 6.79. The first-order valence-electron chi connectivity index (χ1n) is 4.72. The molecule has 2 atom stereocenters. The molecule has 0 bridgehead atoms. The number of hydrogen-bond acceptors (Lipinski definition) is 2. The van der Waals surface area contributed by atoms with Crippen LogP contribution in [0.2, 0.25) is 0 Å². The molecule has 0 amide bonds. The van der Waals surface area contributed by atoms with Gasteiger partial charge in [0.1, 0.15) is 0 Å². The maximum absolute atomic E-state index is 5.50. The van der Waals surface area contributed by atoms with E-state index in [2.05, 4.69) is 49.9 Å². The van der Waals surface area contributed by atoms with E-state index in [0.29, 0.717) is 12.0 Å². The van der Waals surface area contributed by atoms with Crippen molar-refractivity contribution >= 4 is 12.9 Å². The zero-order chi connectivity index (χ0) is 10.6. The van der Waals surface area contributed by atoms with Gasteiger partial charge in [-0.05, 0) is 32.2 Å². The fraction of sp³-hybridized carbons (Fsp3) is 0.333. The van der Waals surface area contributed by atoms with Crippen molar-refractivity contribution < 1.29 is 0 Å². The Balaban J connectivity index is 0.000000461. The van der Waals surface area contributed by atoms with Gasteiger partial charge in [0, 0.05) is 12.1 Å². The summed E-state index contributed by atoms with van der Waals surface area (Å²) in [5.74, 6) is 0.513. The SMILES string of the molecule is C=N.CC1=CC2=CC=NC(C)C2C=C1. The van der Waals surface area contributed by atoms with Gasteiger partial charge in [-0.1, -0.05) is 23.8 Å². The normalized spacial score (nSPS) is 28.1. The largest absolute Gasteiger partial charge is 0.317 e. The van der Waals surface area contributed by atoms with Gasteiger partial charge in [-0.25, -0.2) is 0 Å². The van der Waals surface area contributed by atoms with Gasteiger partial charge in [0.15, 0.2) is 0 Å². The van der Waals surface area contributed by atoms with Crippen molar-refractivity contribution in [1.82, 2.24) is 0 Å². The summed E-state index contributed by atoms with van der Waals surface area (Å²) < 4.78 is 0. The molecule has 1 N–H and O–H groups in total. The van der Waals surface area contributed by atoms with Gasteiger partial charge in [0.05, 0.1) is 6.04 Å². The van der Waals surface area contributed by atoms with Crippen LogP contribution in [0.25, 0.3) is 0 Å². The van der Waals surface area contributed by atoms with Gasteiger partial charge in [-0.2, -0.15) is 0 Å². The minimum atomic E-state index is 0.408. The number of fused-ring (bicyclic) bond motifs is 1. The maximum Gasteiger partial charge on any atom is 0.0574 e. The van der Waals surface area contributed by atoms with Crippen LogP contribution in [0.4, 0.5) is 0 Å². The first kappa shape index (κ1) is 10.6. The maximum atomic E-state index is 5.50. The molecule has 14 heavy (non-hydrogen) atoms. The predicted octanol–water partition coefficient (Wildman–Crippen LogP) is 2.78. The topological polar surface area (TPSA) is 36.2 Å². The molecule has 2 rings (SSSR count). The van der Waals surface area contributed by atoms with Crippen molar-refractivity contribution in [3.8, 4) is 0 Å². The molecule has 0 spiro atoms. The van der Waals surface area contributed by atoms with Crippen molar-refractivity contribution in [3.63, 3.8) is 0 Å². The van der Waals surface area contributed by atoms with Crippen LogP contribution in [0.15, 0.2) is 40.4 Å². The number of dihydropyridines is 1. The van der Waals surface area contributed by atoms with Crippen molar-refractivity contribution in [1.29, 1.82) is 5.41 Å². The van der Waals surface area contributed by atoms with Crippen molar-refractivity contribution in [2.45, 2.75) is 19.9 Å². The highest BCUT2D eigenvalue weighted by Crippen LogP contribution is 2.28. The second-order valence-corrected chi connectivity index (χ2v) is 3.48. The van der Waals surface area contributed by atoms with Gasteiger partial charge >= 0.3 is 0 Å². The van der Waals surface area contributed by atoms with Crippen molar-refractivity contribution in [3.05, 3.63) is 35.5 Å². The highest BCUT2D eigenvalue weighted by Gasteiger charge is 2.20. The van der Waals surface area contributed by atoms with E-state index < -0.39 is 0 Å². The Morgan fingerprint density at radius 2 is 2.14 bits per heavy atom. The lowest BCUT2D eigenvalue weighted by atomic mass is 9.85. The van der Waals surface area contributed by atoms with E-state index in [1.807, 2.05) is 6.21 Å². The molecule has 2 heteroatoms. The smallest absolute Gasteiger partial charge is 0.0574 e. The highest BCUT2D eigenvalue weighted by atomic mass is 14.8. The van der Waals surface area contributed by atoms with Crippen LogP contribution in [-0.2, 0) is 0 Å². The van der Waals surface area contributed by atoms with E-state index in [9.17, 15) is 0 Å². The lowest BCUT2D eigenvalue weighted by Gasteiger charge is -2.24. The van der Waals surface area contributed by atoms with Gasteiger partial charge in [0.25, 0.3) is 0 Å². The lowest BCUT2D eigenvalue weighted by Crippen LogP contribution is -2.19. The van der Waals surface area contributed by atoms with E-state index in [-0.39, 0.29) is 0 Å². The monoisotopic (exact) mass is 188 g/mol. The van der Waals surface area contributed by atoms with Gasteiger partial charge < -0.3 is 5.41 Å². The second-order valence-electron chi connectivity index (χ2n) is 3.48. The molecule has 74 valence electrons. The fourth-order valence-electron chi connectivity index (χ4n) is 1.73. The van der Waals surface area contributed by atoms with Crippen LogP contribution in [0.3, 0.4) is 0 Å². The standard InChI is InChI=1S/C11H13N.CH3N/c1-8-3-4-11-9(2)12-6-5-10(11)7-8;1-2/h3-7,9,11H,1-2H3;2H,1H2. The number of aliphatic imine (C=N–C) groups is 1. The Bertz CT molecular complexity index is 321. The Hall–Kier alpha value is -1.44. The molecule has 0 saturated heterocycles. The first-order chi connectivity index (χ1) is 6.77. The van der Waals surface area contributed by atoms with Gasteiger partial charge in [-0.3, -0.25) is 4.99 Å². The summed E-state index contributed by atoms with van der Waals surface area (Å²) in [6.07, 6.45) is 10.7. The van der Waals surface area contributed by atoms with Crippen LogP contribution >= 0.6 is 0 Å². The van der Waals surface area contributed by atoms with E-state index in [1.165, 1.54) is 11.1 Å². The molecular formula is C12H16N2. The number of hydrogen-bond donors (Lipinski definition) is 1. The molecule has 2 aliphatic rings. The zero-order valence-corrected chi connectivity index (χ0v) is 8.70. The second kappa shape index (κ2) is 4.70. The summed E-state index contributed by atoms with van der Waals surface area (Å²) in [4.78, 5) is 4.36. The van der Waals surface area contributed by atoms with Crippen LogP contribution in [0, 0.1) is 11.3 Å². The Morgan fingerprint density at radius 3 is 2.86 bits per heavy atom. The average Bonchev–Trinajstić information content (AvgIpc) is 2.21. The number of nitrogens with zero attached hydrogens (tertiary/aromatic N) is 1. The number of allylic oxidation sites excluding steroid dienone is 4. The number of nitrogens with one attached hydrogen (secondary N) is 1. The molecule has 0 saturated carbocycles. The molecule has 0 aromatic rings. The van der Waals surface area contributed by atoms with Crippen molar-refractivity contribution in [2.75, 3.05) is 0 Å². The summed E-state index contributed by atoms with van der Waals surface area (Å²) in [5, 5.41) is 5.50. The van der Waals surface area contributed by atoms with Crippen LogP contribution in [0.5, 0.6) is 0 Å². The predicted molar refractivity (Wildman–Crippen MR) is 62.3 cm³/mol. The molecule has 0 aromatic heterocycles. The van der Waals surface area contributed by atoms with E-state index in [0.717, 1.165) is 0 Å². The Morgan fingerprint density at radius 1 is 1.43 bits per heavy atom. The molecule has 0 fully saturated rings. The first-order valence-corrected chi connectivity index (χ1v) is 4.72. The summed E-state index contributed by atoms with van der Waals surface area (Å²) >= 11 is 0. The van der Waals surface area contributed by atoms with E-state index >= 15 is 0 Å². The van der Waals surface area contributed by atoms with E-state index in [4.69, 9.17) is 5.41 Å². The molecule has 2 nitrogen and oxygen atoms in total. The van der Waals surface area contributed by atoms with Crippen LogP contribution in [-0.4, -0.2) is 19.0 Å². The molecule has 1 heterocycles. The highest BCUT2D eigenvalue weighted by molar-refractivity contribution is 5.75. The van der Waals surface area contributed by atoms with Crippen LogP contribution in [0.1, 0.15) is 13.8 Å². The minimum absolute atomic E-state index is 0.408. The van der Waals surface area contributed by atoms with Gasteiger partial charge in [0.2, 0.25) is 0 Å². The molecule has 1 aliphatic heterocycles.